The smallest absolute Gasteiger partial charge is 0.249 e. The van der Waals surface area contributed by atoms with Crippen LogP contribution in [0.2, 0.25) is 5.02 Å². The van der Waals surface area contributed by atoms with Crippen molar-refractivity contribution in [2.45, 2.75) is 24.5 Å². The van der Waals surface area contributed by atoms with Gasteiger partial charge in [-0.2, -0.15) is 5.26 Å². The first-order valence-electron chi connectivity index (χ1n) is 7.60. The minimum absolute atomic E-state index is 0.128. The Labute approximate surface area is 162 Å². The first-order chi connectivity index (χ1) is 12.5. The molecule has 11 heteroatoms. The molecule has 1 atom stereocenters. The molecule has 0 radical (unpaired) electrons. The molecule has 8 nitrogen and oxygen atoms in total. The lowest BCUT2D eigenvalue weighted by Crippen LogP contribution is -2.27. The Bertz CT molecular complexity index is 994. The number of nitriles is 1. The molecule has 1 aromatic carbocycles. The number of nitrogens with one attached hydrogen (secondary N) is 1. The number of amides is 1. The third-order valence-corrected chi connectivity index (χ3v) is 5.52. The zero-order valence-corrected chi connectivity index (χ0v) is 16.0. The summed E-state index contributed by atoms with van der Waals surface area (Å²) >= 11 is 8.51. The Morgan fingerprint density at radius 3 is 3.08 bits per heavy atom. The zero-order valence-electron chi connectivity index (χ0n) is 13.6. The fourth-order valence-corrected chi connectivity index (χ4v) is 4.20. The molecule has 26 heavy (non-hydrogen) atoms. The molecule has 1 unspecified atom stereocenters. The van der Waals surface area contributed by atoms with Crippen molar-refractivity contribution >= 4 is 61.9 Å². The van der Waals surface area contributed by atoms with Gasteiger partial charge in [0.2, 0.25) is 11.9 Å². The molecule has 3 rings (SSSR count). The molecule has 0 saturated heterocycles. The van der Waals surface area contributed by atoms with E-state index in [1.54, 1.807) is 22.8 Å². The van der Waals surface area contributed by atoms with Crippen LogP contribution in [0.1, 0.15) is 19.4 Å². The molecule has 0 saturated carbocycles. The Morgan fingerprint density at radius 1 is 1.54 bits per heavy atom. The van der Waals surface area contributed by atoms with E-state index < -0.39 is 6.04 Å². The molecule has 2 aromatic heterocycles. The van der Waals surface area contributed by atoms with Gasteiger partial charge in [0.25, 0.3) is 0 Å². The van der Waals surface area contributed by atoms with Crippen LogP contribution in [0.15, 0.2) is 23.4 Å². The van der Waals surface area contributed by atoms with Gasteiger partial charge in [0.05, 0.1) is 22.0 Å². The Kier molecular flexibility index (Phi) is 5.61. The Morgan fingerprint density at radius 2 is 2.35 bits per heavy atom. The van der Waals surface area contributed by atoms with Crippen LogP contribution in [-0.4, -0.2) is 31.4 Å². The summed E-state index contributed by atoms with van der Waals surface area (Å²) < 4.78 is 2.43. The van der Waals surface area contributed by atoms with Crippen molar-refractivity contribution in [3.8, 4) is 6.07 Å². The second-order valence-corrected chi connectivity index (χ2v) is 7.61. The number of hydrogen-bond acceptors (Lipinski definition) is 8. The van der Waals surface area contributed by atoms with Crippen molar-refractivity contribution in [1.82, 2.24) is 19.7 Å². The first-order valence-corrected chi connectivity index (χ1v) is 9.78. The van der Waals surface area contributed by atoms with Crippen LogP contribution in [0, 0.1) is 11.3 Å². The zero-order chi connectivity index (χ0) is 18.7. The van der Waals surface area contributed by atoms with E-state index >= 15 is 0 Å². The van der Waals surface area contributed by atoms with Gasteiger partial charge in [-0.05, 0) is 24.6 Å². The highest BCUT2D eigenvalue weighted by Crippen LogP contribution is 2.30. The first kappa shape index (κ1) is 18.4. The molecule has 0 fully saturated rings. The normalized spacial score (nSPS) is 12.0. The number of thioether (sulfide) groups is 1. The number of rotatable bonds is 6. The predicted octanol–water partition coefficient (Wildman–Crippen LogP) is 3.33. The van der Waals surface area contributed by atoms with Gasteiger partial charge in [0.15, 0.2) is 10.3 Å². The molecular weight excluding hydrogens is 394 g/mol. The standard InChI is InChI=1S/C15H14ClN7OS2/c1-2-10(23-13(18)21-22-15(23)25-6-5-17)12(24)20-14-19-9-4-3-8(16)7-11(9)26-14/h3-4,7,10H,2,6H2,1H3,(H2,18,21)(H,19,20,24). The van der Waals surface area contributed by atoms with Crippen LogP contribution < -0.4 is 11.1 Å². The van der Waals surface area contributed by atoms with E-state index in [0.717, 1.165) is 10.2 Å². The van der Waals surface area contributed by atoms with E-state index in [2.05, 4.69) is 20.5 Å². The van der Waals surface area contributed by atoms with E-state index in [1.807, 2.05) is 13.0 Å². The monoisotopic (exact) mass is 407 g/mol. The lowest BCUT2D eigenvalue weighted by atomic mass is 10.2. The maximum Gasteiger partial charge on any atom is 0.249 e. The molecule has 134 valence electrons. The molecule has 0 bridgehead atoms. The number of carbonyl (C=O) groups excluding carboxylic acids is 1. The van der Waals surface area contributed by atoms with Gasteiger partial charge in [-0.1, -0.05) is 41.6 Å². The van der Waals surface area contributed by atoms with Crippen LogP contribution >= 0.6 is 34.7 Å². The van der Waals surface area contributed by atoms with Crippen LogP contribution in [-0.2, 0) is 4.79 Å². The Balaban J connectivity index is 1.85. The molecule has 0 aliphatic rings. The third kappa shape index (κ3) is 3.75. The van der Waals surface area contributed by atoms with Crippen LogP contribution in [0.4, 0.5) is 11.1 Å². The maximum atomic E-state index is 12.8. The van der Waals surface area contributed by atoms with E-state index in [1.165, 1.54) is 23.1 Å². The molecule has 1 amide bonds. The molecule has 2 heterocycles. The summed E-state index contributed by atoms with van der Waals surface area (Å²) in [7, 11) is 0. The summed E-state index contributed by atoms with van der Waals surface area (Å²) in [5.74, 6) is 0.0425. The summed E-state index contributed by atoms with van der Waals surface area (Å²) in [6, 6.07) is 6.76. The second kappa shape index (κ2) is 7.90. The summed E-state index contributed by atoms with van der Waals surface area (Å²) in [6.07, 6.45) is 0.477. The maximum absolute atomic E-state index is 12.8. The number of fused-ring (bicyclic) bond motifs is 1. The molecule has 0 aliphatic carbocycles. The van der Waals surface area contributed by atoms with Crippen molar-refractivity contribution in [2.24, 2.45) is 0 Å². The van der Waals surface area contributed by atoms with Crippen LogP contribution in [0.25, 0.3) is 10.2 Å². The van der Waals surface area contributed by atoms with Crippen molar-refractivity contribution in [3.05, 3.63) is 23.2 Å². The number of carbonyl (C=O) groups is 1. The molecule has 3 aromatic rings. The van der Waals surface area contributed by atoms with E-state index in [-0.39, 0.29) is 17.6 Å². The number of anilines is 2. The quantitative estimate of drug-likeness (QED) is 0.600. The number of benzene rings is 1. The number of hydrogen-bond donors (Lipinski definition) is 2. The van der Waals surface area contributed by atoms with Crippen molar-refractivity contribution in [1.29, 1.82) is 5.26 Å². The van der Waals surface area contributed by atoms with Gasteiger partial charge < -0.3 is 11.1 Å². The van der Waals surface area contributed by atoms with Gasteiger partial charge in [0.1, 0.15) is 6.04 Å². The minimum atomic E-state index is -0.609. The number of thiazole rings is 1. The average molecular weight is 408 g/mol. The highest BCUT2D eigenvalue weighted by Gasteiger charge is 2.25. The number of nitrogens with zero attached hydrogens (tertiary/aromatic N) is 5. The number of nitrogen functional groups attached to an aromatic ring is 1. The fourth-order valence-electron chi connectivity index (χ4n) is 2.40. The molecule has 3 N–H and O–H groups in total. The largest absolute Gasteiger partial charge is 0.368 e. The summed E-state index contributed by atoms with van der Waals surface area (Å²) in [5, 5.41) is 20.9. The van der Waals surface area contributed by atoms with Gasteiger partial charge in [-0.25, -0.2) is 4.98 Å². The highest BCUT2D eigenvalue weighted by atomic mass is 35.5. The van der Waals surface area contributed by atoms with Crippen molar-refractivity contribution < 1.29 is 4.79 Å². The lowest BCUT2D eigenvalue weighted by Gasteiger charge is -2.17. The van der Waals surface area contributed by atoms with Crippen LogP contribution in [0.3, 0.4) is 0 Å². The van der Waals surface area contributed by atoms with Crippen molar-refractivity contribution in [2.75, 3.05) is 16.8 Å². The summed E-state index contributed by atoms with van der Waals surface area (Å²) in [6.45, 7) is 1.86. The predicted molar refractivity (Wildman–Crippen MR) is 103 cm³/mol. The van der Waals surface area contributed by atoms with Gasteiger partial charge in [0, 0.05) is 5.02 Å². The van der Waals surface area contributed by atoms with E-state index in [9.17, 15) is 4.79 Å². The molecule has 0 spiro atoms. The number of nitrogens with two attached hydrogens (primary N) is 1. The average Bonchev–Trinajstić information content (AvgIpc) is 3.17. The number of halogens is 1. The van der Waals surface area contributed by atoms with Gasteiger partial charge in [-0.3, -0.25) is 9.36 Å². The molecular formula is C15H14ClN7OS2. The van der Waals surface area contributed by atoms with Crippen molar-refractivity contribution in [3.63, 3.8) is 0 Å². The second-order valence-electron chi connectivity index (χ2n) is 5.20. The van der Waals surface area contributed by atoms with Gasteiger partial charge >= 0.3 is 0 Å². The summed E-state index contributed by atoms with van der Waals surface area (Å²) in [5.41, 5.74) is 6.65. The van der Waals surface area contributed by atoms with E-state index in [0.29, 0.717) is 21.7 Å². The summed E-state index contributed by atoms with van der Waals surface area (Å²) in [4.78, 5) is 17.2. The van der Waals surface area contributed by atoms with Crippen LogP contribution in [0.5, 0.6) is 0 Å². The topological polar surface area (TPSA) is 123 Å². The van der Waals surface area contributed by atoms with Gasteiger partial charge in [-0.15, -0.1) is 10.2 Å². The minimum Gasteiger partial charge on any atom is -0.368 e. The fraction of sp³-hybridized carbons (Fsp3) is 0.267. The number of aromatic nitrogens is 4. The third-order valence-electron chi connectivity index (χ3n) is 3.54. The van der Waals surface area contributed by atoms with E-state index in [4.69, 9.17) is 22.6 Å². The lowest BCUT2D eigenvalue weighted by molar-refractivity contribution is -0.119. The Hall–Kier alpha value is -2.35. The highest BCUT2D eigenvalue weighted by molar-refractivity contribution is 7.99. The SMILES string of the molecule is CCC(C(=O)Nc1nc2ccc(Cl)cc2s1)n1c(N)nnc1SCC#N. The molecule has 0 aliphatic heterocycles.